The number of thiocarbonyl (C=S) groups is 1. The predicted octanol–water partition coefficient (Wildman–Crippen LogP) is 3.50. The van der Waals surface area contributed by atoms with Crippen LogP contribution in [0.2, 0.25) is 0 Å². The van der Waals surface area contributed by atoms with Gasteiger partial charge in [0.25, 0.3) is 5.91 Å². The van der Waals surface area contributed by atoms with Gasteiger partial charge in [0, 0.05) is 11.6 Å². The minimum absolute atomic E-state index is 0.00794. The number of hydrogen-bond acceptors (Lipinski definition) is 3. The van der Waals surface area contributed by atoms with E-state index in [2.05, 4.69) is 16.2 Å². The fourth-order valence-electron chi connectivity index (χ4n) is 2.72. The molecule has 0 radical (unpaired) electrons. The van der Waals surface area contributed by atoms with Gasteiger partial charge in [-0.2, -0.15) is 0 Å². The monoisotopic (exact) mass is 389 g/mol. The van der Waals surface area contributed by atoms with Crippen molar-refractivity contribution in [2.75, 3.05) is 0 Å². The van der Waals surface area contributed by atoms with Gasteiger partial charge in [0.05, 0.1) is 0 Å². The van der Waals surface area contributed by atoms with Crippen LogP contribution in [0.4, 0.5) is 0 Å². The molecule has 3 aromatic rings. The highest BCUT2D eigenvalue weighted by atomic mass is 32.1. The summed E-state index contributed by atoms with van der Waals surface area (Å²) < 4.78 is 0. The van der Waals surface area contributed by atoms with Gasteiger partial charge in [0.15, 0.2) is 5.11 Å². The van der Waals surface area contributed by atoms with Crippen molar-refractivity contribution in [3.05, 3.63) is 89.5 Å². The van der Waals surface area contributed by atoms with E-state index in [1.807, 2.05) is 55.5 Å². The van der Waals surface area contributed by atoms with Crippen LogP contribution < -0.4 is 16.2 Å². The summed E-state index contributed by atoms with van der Waals surface area (Å²) in [5.41, 5.74) is 7.39. The van der Waals surface area contributed by atoms with E-state index in [1.54, 1.807) is 24.3 Å². The molecule has 0 saturated heterocycles. The van der Waals surface area contributed by atoms with Gasteiger partial charge in [-0.3, -0.25) is 25.8 Å². The Balaban J connectivity index is 1.55. The van der Waals surface area contributed by atoms with Crippen molar-refractivity contribution >= 4 is 46.0 Å². The van der Waals surface area contributed by atoms with Gasteiger partial charge in [-0.25, -0.2) is 0 Å². The Morgan fingerprint density at radius 2 is 1.68 bits per heavy atom. The van der Waals surface area contributed by atoms with Crippen molar-refractivity contribution < 1.29 is 9.59 Å². The first-order valence-corrected chi connectivity index (χ1v) is 9.07. The van der Waals surface area contributed by atoms with E-state index in [0.717, 1.165) is 21.9 Å². The van der Waals surface area contributed by atoms with Crippen LogP contribution in [-0.2, 0) is 4.79 Å². The van der Waals surface area contributed by atoms with Crippen molar-refractivity contribution in [1.82, 2.24) is 16.2 Å². The van der Waals surface area contributed by atoms with Crippen molar-refractivity contribution in [1.29, 1.82) is 0 Å². The summed E-state index contributed by atoms with van der Waals surface area (Å²) in [7, 11) is 0. The molecule has 0 spiro atoms. The van der Waals surface area contributed by atoms with Gasteiger partial charge in [-0.1, -0.05) is 60.2 Å². The lowest BCUT2D eigenvalue weighted by molar-refractivity contribution is -0.115. The summed E-state index contributed by atoms with van der Waals surface area (Å²) in [5.74, 6) is -0.734. The number of carbonyl (C=O) groups is 2. The number of carbonyl (C=O) groups excluding carboxylic acids is 2. The Kier molecular flexibility index (Phi) is 6.14. The molecule has 0 aliphatic heterocycles. The fourth-order valence-corrected chi connectivity index (χ4v) is 2.87. The normalized spacial score (nSPS) is 10.6. The molecule has 0 aliphatic rings. The quantitative estimate of drug-likeness (QED) is 0.364. The smallest absolute Gasteiger partial charge is 0.269 e. The Hall–Kier alpha value is -3.51. The molecule has 0 fully saturated rings. The second-order valence-corrected chi connectivity index (χ2v) is 6.58. The molecule has 6 heteroatoms. The molecular formula is C22H19N3O2S. The molecule has 0 unspecified atom stereocenters. The first-order chi connectivity index (χ1) is 13.5. The molecule has 28 heavy (non-hydrogen) atoms. The van der Waals surface area contributed by atoms with Gasteiger partial charge in [0.2, 0.25) is 5.91 Å². The highest BCUT2D eigenvalue weighted by Crippen LogP contribution is 2.19. The minimum Gasteiger partial charge on any atom is -0.298 e. The van der Waals surface area contributed by atoms with Gasteiger partial charge >= 0.3 is 0 Å². The third-order valence-corrected chi connectivity index (χ3v) is 4.25. The van der Waals surface area contributed by atoms with E-state index in [1.165, 1.54) is 6.08 Å². The highest BCUT2D eigenvalue weighted by Gasteiger charge is 2.07. The summed E-state index contributed by atoms with van der Waals surface area (Å²) in [6.07, 6.45) is 3.13. The zero-order valence-electron chi connectivity index (χ0n) is 15.2. The standard InChI is InChI=1S/C22H19N3O2S/c1-15-6-4-10-18(14-15)21(27)24-25-22(28)23-20(26)13-12-17-9-5-8-16-7-2-3-11-19(16)17/h2-14H,1H3,(H,24,27)(H2,23,25,26,28). The minimum atomic E-state index is -0.393. The SMILES string of the molecule is Cc1cccc(C(=O)NNC(=S)NC(=O)C=Cc2cccc3ccccc23)c1. The molecule has 3 rings (SSSR count). The lowest BCUT2D eigenvalue weighted by Gasteiger charge is -2.10. The largest absolute Gasteiger partial charge is 0.298 e. The zero-order chi connectivity index (χ0) is 19.9. The van der Waals surface area contributed by atoms with Crippen molar-refractivity contribution in [3.8, 4) is 0 Å². The summed E-state index contributed by atoms with van der Waals surface area (Å²) >= 11 is 5.04. The topological polar surface area (TPSA) is 70.2 Å². The number of hydrogen-bond donors (Lipinski definition) is 3. The number of aryl methyl sites for hydroxylation is 1. The van der Waals surface area contributed by atoms with Gasteiger partial charge < -0.3 is 0 Å². The van der Waals surface area contributed by atoms with Crippen LogP contribution in [0.3, 0.4) is 0 Å². The molecule has 0 atom stereocenters. The lowest BCUT2D eigenvalue weighted by atomic mass is 10.0. The van der Waals surface area contributed by atoms with Crippen molar-refractivity contribution in [2.45, 2.75) is 6.92 Å². The zero-order valence-corrected chi connectivity index (χ0v) is 16.0. The van der Waals surface area contributed by atoms with Crippen LogP contribution in [0.15, 0.2) is 72.8 Å². The number of hydrazine groups is 1. The van der Waals surface area contributed by atoms with Crippen molar-refractivity contribution in [3.63, 3.8) is 0 Å². The lowest BCUT2D eigenvalue weighted by Crippen LogP contribution is -2.48. The molecule has 5 nitrogen and oxygen atoms in total. The van der Waals surface area contributed by atoms with E-state index in [0.29, 0.717) is 5.56 Å². The molecule has 0 bridgehead atoms. The molecule has 140 valence electrons. The third kappa shape index (κ3) is 5.02. The van der Waals surface area contributed by atoms with Gasteiger partial charge in [-0.15, -0.1) is 0 Å². The van der Waals surface area contributed by atoms with E-state index < -0.39 is 5.91 Å². The fraction of sp³-hybridized carbons (Fsp3) is 0.0455. The summed E-state index contributed by atoms with van der Waals surface area (Å²) in [5, 5.41) is 4.66. The number of nitrogens with one attached hydrogen (secondary N) is 3. The molecule has 0 saturated carbocycles. The first kappa shape index (κ1) is 19.3. The highest BCUT2D eigenvalue weighted by molar-refractivity contribution is 7.80. The summed E-state index contributed by atoms with van der Waals surface area (Å²) in [6, 6.07) is 21.0. The Morgan fingerprint density at radius 3 is 2.50 bits per heavy atom. The molecule has 3 N–H and O–H groups in total. The van der Waals surface area contributed by atoms with Crippen molar-refractivity contribution in [2.24, 2.45) is 0 Å². The van der Waals surface area contributed by atoms with Crippen LogP contribution in [-0.4, -0.2) is 16.9 Å². The molecule has 0 heterocycles. The summed E-state index contributed by atoms with van der Waals surface area (Å²) in [6.45, 7) is 1.90. The third-order valence-electron chi connectivity index (χ3n) is 4.04. The average molecular weight is 389 g/mol. The van der Waals surface area contributed by atoms with Gasteiger partial charge in [-0.05, 0) is 53.7 Å². The first-order valence-electron chi connectivity index (χ1n) is 8.67. The number of benzene rings is 3. The number of rotatable bonds is 3. The van der Waals surface area contributed by atoms with Crippen LogP contribution >= 0.6 is 12.2 Å². The number of amides is 2. The average Bonchev–Trinajstić information content (AvgIpc) is 2.70. The van der Waals surface area contributed by atoms with E-state index >= 15 is 0 Å². The van der Waals surface area contributed by atoms with Crippen LogP contribution in [0.5, 0.6) is 0 Å². The van der Waals surface area contributed by atoms with E-state index in [-0.39, 0.29) is 11.0 Å². The molecule has 3 aromatic carbocycles. The molecule has 0 aliphatic carbocycles. The van der Waals surface area contributed by atoms with Crippen LogP contribution in [0.1, 0.15) is 21.5 Å². The van der Waals surface area contributed by atoms with Gasteiger partial charge in [0.1, 0.15) is 0 Å². The molecular weight excluding hydrogens is 370 g/mol. The second-order valence-electron chi connectivity index (χ2n) is 6.17. The Labute approximate surface area is 168 Å². The Morgan fingerprint density at radius 1 is 0.929 bits per heavy atom. The predicted molar refractivity (Wildman–Crippen MR) is 116 cm³/mol. The Bertz CT molecular complexity index is 1070. The maximum Gasteiger partial charge on any atom is 0.269 e. The van der Waals surface area contributed by atoms with Crippen LogP contribution in [0.25, 0.3) is 16.8 Å². The maximum atomic E-state index is 12.1. The van der Waals surface area contributed by atoms with Crippen LogP contribution in [0, 0.1) is 6.92 Å². The molecule has 0 aromatic heterocycles. The maximum absolute atomic E-state index is 12.1. The van der Waals surface area contributed by atoms with E-state index in [4.69, 9.17) is 12.2 Å². The second kappa shape index (κ2) is 8.92. The van der Waals surface area contributed by atoms with E-state index in [9.17, 15) is 9.59 Å². The number of fused-ring (bicyclic) bond motifs is 1. The summed E-state index contributed by atoms with van der Waals surface area (Å²) in [4.78, 5) is 24.1. The molecule has 2 amide bonds.